The highest BCUT2D eigenvalue weighted by molar-refractivity contribution is 5.49. The Morgan fingerprint density at radius 2 is 2.10 bits per heavy atom. The molecule has 6 heteroatoms. The summed E-state index contributed by atoms with van der Waals surface area (Å²) in [5, 5.41) is 13.9. The Morgan fingerprint density at radius 3 is 2.71 bits per heavy atom. The first-order valence-electron chi connectivity index (χ1n) is 6.58. The number of anilines is 2. The summed E-state index contributed by atoms with van der Waals surface area (Å²) in [5.74, 6) is 0.633. The molecule has 0 saturated heterocycles. The average Bonchev–Trinajstić information content (AvgIpc) is 2.45. The summed E-state index contributed by atoms with van der Waals surface area (Å²) in [5.41, 5.74) is 2.89. The SMILES string of the molecule is Cc1cc(NCc2cccc(N(C)C)c2)ncc1[N+](=O)[O-]. The fourth-order valence-corrected chi connectivity index (χ4v) is 1.97. The summed E-state index contributed by atoms with van der Waals surface area (Å²) in [6, 6.07) is 9.84. The summed E-state index contributed by atoms with van der Waals surface area (Å²) in [7, 11) is 3.99. The zero-order valence-corrected chi connectivity index (χ0v) is 12.3. The average molecular weight is 286 g/mol. The fourth-order valence-electron chi connectivity index (χ4n) is 1.97. The molecule has 0 bridgehead atoms. The lowest BCUT2D eigenvalue weighted by Gasteiger charge is -2.14. The summed E-state index contributed by atoms with van der Waals surface area (Å²) >= 11 is 0. The van der Waals surface area contributed by atoms with Crippen LogP contribution in [-0.4, -0.2) is 24.0 Å². The number of hydrogen-bond acceptors (Lipinski definition) is 5. The number of rotatable bonds is 5. The van der Waals surface area contributed by atoms with Crippen molar-refractivity contribution >= 4 is 17.2 Å². The number of hydrogen-bond donors (Lipinski definition) is 1. The maximum Gasteiger partial charge on any atom is 0.290 e. The van der Waals surface area contributed by atoms with Crippen molar-refractivity contribution in [3.8, 4) is 0 Å². The molecule has 0 aliphatic carbocycles. The minimum Gasteiger partial charge on any atom is -0.378 e. The summed E-state index contributed by atoms with van der Waals surface area (Å²) < 4.78 is 0. The molecule has 0 fully saturated rings. The van der Waals surface area contributed by atoms with Crippen molar-refractivity contribution in [3.05, 3.63) is 57.8 Å². The summed E-state index contributed by atoms with van der Waals surface area (Å²) in [4.78, 5) is 16.4. The van der Waals surface area contributed by atoms with Gasteiger partial charge in [-0.25, -0.2) is 4.98 Å². The molecule has 110 valence electrons. The molecule has 0 aliphatic heterocycles. The molecular weight excluding hydrogens is 268 g/mol. The van der Waals surface area contributed by atoms with Gasteiger partial charge < -0.3 is 10.2 Å². The van der Waals surface area contributed by atoms with Crippen molar-refractivity contribution in [1.82, 2.24) is 4.98 Å². The van der Waals surface area contributed by atoms with E-state index in [1.54, 1.807) is 13.0 Å². The lowest BCUT2D eigenvalue weighted by atomic mass is 10.2. The van der Waals surface area contributed by atoms with E-state index in [1.165, 1.54) is 6.20 Å². The Labute approximate surface area is 123 Å². The van der Waals surface area contributed by atoms with Crippen LogP contribution in [0.3, 0.4) is 0 Å². The minimum atomic E-state index is -0.424. The third-order valence-electron chi connectivity index (χ3n) is 3.18. The molecule has 0 aliphatic rings. The van der Waals surface area contributed by atoms with Gasteiger partial charge in [-0.15, -0.1) is 0 Å². The lowest BCUT2D eigenvalue weighted by Crippen LogP contribution is -2.09. The van der Waals surface area contributed by atoms with Gasteiger partial charge in [0.05, 0.1) is 4.92 Å². The molecular formula is C15H18N4O2. The van der Waals surface area contributed by atoms with Crippen LogP contribution >= 0.6 is 0 Å². The van der Waals surface area contributed by atoms with Crippen molar-refractivity contribution in [1.29, 1.82) is 0 Å². The van der Waals surface area contributed by atoms with E-state index >= 15 is 0 Å². The van der Waals surface area contributed by atoms with Crippen LogP contribution in [0.1, 0.15) is 11.1 Å². The molecule has 0 atom stereocenters. The second-order valence-corrected chi connectivity index (χ2v) is 5.03. The standard InChI is InChI=1S/C15H18N4O2/c1-11-7-15(17-10-14(11)19(20)21)16-9-12-5-4-6-13(8-12)18(2)3/h4-8,10H,9H2,1-3H3,(H,16,17). The van der Waals surface area contributed by atoms with Gasteiger partial charge in [0.25, 0.3) is 5.69 Å². The van der Waals surface area contributed by atoms with Crippen molar-refractivity contribution < 1.29 is 4.92 Å². The zero-order valence-electron chi connectivity index (χ0n) is 12.3. The molecule has 2 rings (SSSR count). The van der Waals surface area contributed by atoms with E-state index in [0.29, 0.717) is 17.9 Å². The van der Waals surface area contributed by atoms with Gasteiger partial charge in [-0.1, -0.05) is 12.1 Å². The van der Waals surface area contributed by atoms with E-state index in [2.05, 4.69) is 16.4 Å². The highest BCUT2D eigenvalue weighted by atomic mass is 16.6. The Hall–Kier alpha value is -2.63. The van der Waals surface area contributed by atoms with E-state index in [1.807, 2.05) is 37.2 Å². The number of pyridine rings is 1. The normalized spacial score (nSPS) is 10.2. The van der Waals surface area contributed by atoms with Crippen molar-refractivity contribution in [3.63, 3.8) is 0 Å². The van der Waals surface area contributed by atoms with Crippen LogP contribution in [0.4, 0.5) is 17.2 Å². The molecule has 1 N–H and O–H groups in total. The first-order valence-corrected chi connectivity index (χ1v) is 6.58. The molecule has 6 nitrogen and oxygen atoms in total. The second-order valence-electron chi connectivity index (χ2n) is 5.03. The number of aromatic nitrogens is 1. The molecule has 1 heterocycles. The fraction of sp³-hybridized carbons (Fsp3) is 0.267. The molecule has 0 radical (unpaired) electrons. The van der Waals surface area contributed by atoms with Gasteiger partial charge in [-0.2, -0.15) is 0 Å². The third-order valence-corrected chi connectivity index (χ3v) is 3.18. The van der Waals surface area contributed by atoms with Crippen molar-refractivity contribution in [2.45, 2.75) is 13.5 Å². The minimum absolute atomic E-state index is 0.0372. The predicted molar refractivity (Wildman–Crippen MR) is 83.7 cm³/mol. The molecule has 1 aromatic heterocycles. The molecule has 0 saturated carbocycles. The maximum atomic E-state index is 10.8. The molecule has 0 unspecified atom stereocenters. The van der Waals surface area contributed by atoms with Crippen LogP contribution in [0, 0.1) is 17.0 Å². The van der Waals surface area contributed by atoms with E-state index in [4.69, 9.17) is 0 Å². The number of nitro groups is 1. The molecule has 0 spiro atoms. The van der Waals surface area contributed by atoms with Gasteiger partial charge in [0.15, 0.2) is 0 Å². The Balaban J connectivity index is 2.08. The highest BCUT2D eigenvalue weighted by Crippen LogP contribution is 2.20. The topological polar surface area (TPSA) is 71.3 Å². The van der Waals surface area contributed by atoms with Crippen molar-refractivity contribution in [2.24, 2.45) is 0 Å². The van der Waals surface area contributed by atoms with E-state index in [9.17, 15) is 10.1 Å². The summed E-state index contributed by atoms with van der Waals surface area (Å²) in [6.45, 7) is 2.32. The van der Waals surface area contributed by atoms with Crippen LogP contribution in [0.25, 0.3) is 0 Å². The first kappa shape index (κ1) is 14.8. The van der Waals surface area contributed by atoms with Crippen LogP contribution in [0.2, 0.25) is 0 Å². The van der Waals surface area contributed by atoms with Crippen LogP contribution in [0.5, 0.6) is 0 Å². The maximum absolute atomic E-state index is 10.8. The van der Waals surface area contributed by atoms with E-state index in [-0.39, 0.29) is 5.69 Å². The molecule has 0 amide bonds. The van der Waals surface area contributed by atoms with Gasteiger partial charge >= 0.3 is 0 Å². The van der Waals surface area contributed by atoms with Gasteiger partial charge in [-0.3, -0.25) is 10.1 Å². The van der Waals surface area contributed by atoms with E-state index in [0.717, 1.165) is 11.3 Å². The Morgan fingerprint density at radius 1 is 1.33 bits per heavy atom. The van der Waals surface area contributed by atoms with Gasteiger partial charge in [0.2, 0.25) is 0 Å². The van der Waals surface area contributed by atoms with Crippen LogP contribution in [0.15, 0.2) is 36.5 Å². The molecule has 21 heavy (non-hydrogen) atoms. The van der Waals surface area contributed by atoms with Crippen LogP contribution < -0.4 is 10.2 Å². The number of benzene rings is 1. The zero-order chi connectivity index (χ0) is 15.4. The Kier molecular flexibility index (Phi) is 4.37. The first-order chi connectivity index (χ1) is 9.97. The smallest absolute Gasteiger partial charge is 0.290 e. The number of nitrogens with one attached hydrogen (secondary N) is 1. The third kappa shape index (κ3) is 3.68. The lowest BCUT2D eigenvalue weighted by molar-refractivity contribution is -0.385. The largest absolute Gasteiger partial charge is 0.378 e. The highest BCUT2D eigenvalue weighted by Gasteiger charge is 2.11. The monoisotopic (exact) mass is 286 g/mol. The molecule has 1 aromatic carbocycles. The van der Waals surface area contributed by atoms with E-state index < -0.39 is 4.92 Å². The quantitative estimate of drug-likeness (QED) is 0.676. The summed E-state index contributed by atoms with van der Waals surface area (Å²) in [6.07, 6.45) is 1.29. The number of aryl methyl sites for hydroxylation is 1. The van der Waals surface area contributed by atoms with Gasteiger partial charge in [0, 0.05) is 31.9 Å². The van der Waals surface area contributed by atoms with Gasteiger partial charge in [-0.05, 0) is 30.7 Å². The van der Waals surface area contributed by atoms with Gasteiger partial charge in [0.1, 0.15) is 12.0 Å². The second kappa shape index (κ2) is 6.21. The predicted octanol–water partition coefficient (Wildman–Crippen LogP) is 2.98. The molecule has 2 aromatic rings. The Bertz CT molecular complexity index is 656. The van der Waals surface area contributed by atoms with Crippen LogP contribution in [-0.2, 0) is 6.54 Å². The van der Waals surface area contributed by atoms with Crippen molar-refractivity contribution in [2.75, 3.05) is 24.3 Å². The number of nitrogens with zero attached hydrogens (tertiary/aromatic N) is 3.